The van der Waals surface area contributed by atoms with E-state index in [1.165, 1.54) is 0 Å². The fraction of sp³-hybridized carbons (Fsp3) is 0.500. The van der Waals surface area contributed by atoms with Gasteiger partial charge >= 0.3 is 0 Å². The van der Waals surface area contributed by atoms with Crippen molar-refractivity contribution >= 4 is 19.2 Å². The first kappa shape index (κ1) is 14.0. The highest BCUT2D eigenvalue weighted by Crippen LogP contribution is 2.35. The number of hydrogen-bond donors (Lipinski definition) is 0. The predicted molar refractivity (Wildman–Crippen MR) is 72.9 cm³/mol. The summed E-state index contributed by atoms with van der Waals surface area (Å²) in [5, 5.41) is 0. The maximum absolute atomic E-state index is 5.84. The second kappa shape index (κ2) is 6.02. The number of nitrogens with zero attached hydrogens (tertiary/aromatic N) is 1. The monoisotopic (exact) mass is 257 g/mol. The van der Waals surface area contributed by atoms with Gasteiger partial charge in [-0.2, -0.15) is 13.5 Å². The van der Waals surface area contributed by atoms with Gasteiger partial charge in [-0.05, 0) is 12.1 Å². The van der Waals surface area contributed by atoms with Crippen LogP contribution in [0.4, 0.5) is 5.69 Å². The van der Waals surface area contributed by atoms with Crippen molar-refractivity contribution in [3.05, 3.63) is 18.2 Å². The first-order valence-electron chi connectivity index (χ1n) is 5.29. The summed E-state index contributed by atoms with van der Waals surface area (Å²) in [4.78, 5) is 2.17. The Morgan fingerprint density at radius 3 is 2.82 bits per heavy atom. The molecule has 1 aliphatic heterocycles. The van der Waals surface area contributed by atoms with Gasteiger partial charge in [-0.1, -0.05) is 0 Å². The molecular formula is C12H19NO3S. The van der Waals surface area contributed by atoms with Crippen LogP contribution in [0.3, 0.4) is 0 Å². The number of methoxy groups -OCH3 is 2. The van der Waals surface area contributed by atoms with Crippen molar-refractivity contribution in [2.24, 2.45) is 0 Å². The Hall–Kier alpha value is -1.07. The van der Waals surface area contributed by atoms with E-state index in [0.717, 1.165) is 23.7 Å². The summed E-state index contributed by atoms with van der Waals surface area (Å²) >= 11 is 0. The molecule has 1 aliphatic rings. The van der Waals surface area contributed by atoms with Crippen molar-refractivity contribution in [1.29, 1.82) is 0 Å². The first-order valence-corrected chi connectivity index (χ1v) is 5.29. The molecule has 0 N–H and O–H groups in total. The quantitative estimate of drug-likeness (QED) is 0.824. The third kappa shape index (κ3) is 2.98. The number of hydrogen-bond acceptors (Lipinski definition) is 4. The summed E-state index contributed by atoms with van der Waals surface area (Å²) in [7, 11) is 5.39. The van der Waals surface area contributed by atoms with Crippen LogP contribution in [0, 0.1) is 0 Å². The van der Waals surface area contributed by atoms with E-state index in [-0.39, 0.29) is 19.6 Å². The standard InChI is InChI=1S/C12H17NO3.H2S/c1-13-7-10(8-14-2)16-12-6-9(15-3)4-5-11(12)13;/h4-6,10H,7-8H2,1-3H3;1H2/t10-;/m0./s1. The summed E-state index contributed by atoms with van der Waals surface area (Å²) in [6.07, 6.45) is 0.0783. The van der Waals surface area contributed by atoms with Crippen LogP contribution < -0.4 is 14.4 Å². The summed E-state index contributed by atoms with van der Waals surface area (Å²) in [6.45, 7) is 1.44. The molecule has 4 nitrogen and oxygen atoms in total. The minimum absolute atomic E-state index is 0. The maximum Gasteiger partial charge on any atom is 0.146 e. The molecule has 2 rings (SSSR count). The maximum atomic E-state index is 5.84. The van der Waals surface area contributed by atoms with E-state index in [9.17, 15) is 0 Å². The fourth-order valence-electron chi connectivity index (χ4n) is 1.92. The molecule has 5 heteroatoms. The fourth-order valence-corrected chi connectivity index (χ4v) is 1.92. The number of fused-ring (bicyclic) bond motifs is 1. The van der Waals surface area contributed by atoms with E-state index < -0.39 is 0 Å². The van der Waals surface area contributed by atoms with Gasteiger partial charge in [0.25, 0.3) is 0 Å². The van der Waals surface area contributed by atoms with Gasteiger partial charge in [0.2, 0.25) is 0 Å². The van der Waals surface area contributed by atoms with Gasteiger partial charge in [0.15, 0.2) is 0 Å². The Labute approximate surface area is 109 Å². The van der Waals surface area contributed by atoms with Crippen LogP contribution in [-0.2, 0) is 4.74 Å². The van der Waals surface area contributed by atoms with Crippen molar-refractivity contribution in [3.8, 4) is 11.5 Å². The molecule has 0 bridgehead atoms. The Morgan fingerprint density at radius 2 is 2.18 bits per heavy atom. The molecule has 0 spiro atoms. The van der Waals surface area contributed by atoms with E-state index in [1.807, 2.05) is 18.2 Å². The summed E-state index contributed by atoms with van der Waals surface area (Å²) in [5.41, 5.74) is 1.09. The summed E-state index contributed by atoms with van der Waals surface area (Å²) in [5.74, 6) is 1.67. The van der Waals surface area contributed by atoms with Gasteiger partial charge in [-0.25, -0.2) is 0 Å². The predicted octanol–water partition coefficient (Wildman–Crippen LogP) is 1.65. The second-order valence-corrected chi connectivity index (χ2v) is 3.91. The summed E-state index contributed by atoms with van der Waals surface area (Å²) < 4.78 is 16.1. The van der Waals surface area contributed by atoms with Crippen LogP contribution in [0.25, 0.3) is 0 Å². The highest BCUT2D eigenvalue weighted by Gasteiger charge is 2.23. The minimum atomic E-state index is 0. The lowest BCUT2D eigenvalue weighted by Gasteiger charge is -2.33. The molecule has 1 heterocycles. The smallest absolute Gasteiger partial charge is 0.146 e. The normalized spacial score (nSPS) is 17.8. The van der Waals surface area contributed by atoms with E-state index in [0.29, 0.717) is 6.61 Å². The van der Waals surface area contributed by atoms with Gasteiger partial charge in [0, 0.05) is 20.2 Å². The van der Waals surface area contributed by atoms with Crippen LogP contribution in [0.15, 0.2) is 18.2 Å². The number of anilines is 1. The molecule has 0 unspecified atom stereocenters. The van der Waals surface area contributed by atoms with Crippen molar-refractivity contribution in [1.82, 2.24) is 0 Å². The van der Waals surface area contributed by atoms with Gasteiger partial charge in [-0.15, -0.1) is 0 Å². The molecule has 1 atom stereocenters. The van der Waals surface area contributed by atoms with Gasteiger partial charge in [0.05, 0.1) is 25.9 Å². The van der Waals surface area contributed by atoms with E-state index in [1.54, 1.807) is 14.2 Å². The van der Waals surface area contributed by atoms with Gasteiger partial charge in [0.1, 0.15) is 17.6 Å². The average molecular weight is 257 g/mol. The van der Waals surface area contributed by atoms with Crippen LogP contribution in [0.2, 0.25) is 0 Å². The molecule has 0 saturated carbocycles. The second-order valence-electron chi connectivity index (χ2n) is 3.91. The molecule has 1 aromatic rings. The molecule has 0 aromatic heterocycles. The lowest BCUT2D eigenvalue weighted by atomic mass is 10.2. The third-order valence-electron chi connectivity index (χ3n) is 2.70. The number of benzene rings is 1. The molecule has 96 valence electrons. The Bertz CT molecular complexity index is 373. The zero-order valence-electron chi connectivity index (χ0n) is 10.4. The third-order valence-corrected chi connectivity index (χ3v) is 2.70. The zero-order valence-corrected chi connectivity index (χ0v) is 11.4. The Morgan fingerprint density at radius 1 is 1.41 bits per heavy atom. The number of rotatable bonds is 3. The Balaban J connectivity index is 0.00000144. The van der Waals surface area contributed by atoms with Crippen molar-refractivity contribution < 1.29 is 14.2 Å². The topological polar surface area (TPSA) is 30.9 Å². The molecular weight excluding hydrogens is 238 g/mol. The molecule has 0 saturated heterocycles. The van der Waals surface area contributed by atoms with Crippen molar-refractivity contribution in [3.63, 3.8) is 0 Å². The zero-order chi connectivity index (χ0) is 11.5. The van der Waals surface area contributed by atoms with Crippen LogP contribution in [-0.4, -0.2) is 40.5 Å². The molecule has 0 aliphatic carbocycles. The SMILES string of the molecule is COC[C@@H]1CN(C)c2ccc(OC)cc2O1.S. The van der Waals surface area contributed by atoms with Gasteiger partial charge in [-0.3, -0.25) is 0 Å². The summed E-state index contributed by atoms with van der Waals surface area (Å²) in [6, 6.07) is 5.86. The molecule has 0 radical (unpaired) electrons. The van der Waals surface area contributed by atoms with Crippen LogP contribution in [0.1, 0.15) is 0 Å². The molecule has 0 amide bonds. The molecule has 17 heavy (non-hydrogen) atoms. The number of ether oxygens (including phenoxy) is 3. The van der Waals surface area contributed by atoms with Crippen LogP contribution in [0.5, 0.6) is 11.5 Å². The lowest BCUT2D eigenvalue weighted by Crippen LogP contribution is -2.40. The minimum Gasteiger partial charge on any atom is -0.497 e. The highest BCUT2D eigenvalue weighted by molar-refractivity contribution is 7.59. The van der Waals surface area contributed by atoms with E-state index in [4.69, 9.17) is 14.2 Å². The molecule has 1 aromatic carbocycles. The number of likely N-dealkylation sites (N-methyl/N-ethyl adjacent to an activating group) is 1. The average Bonchev–Trinajstić information content (AvgIpc) is 2.28. The molecule has 0 fully saturated rings. The van der Waals surface area contributed by atoms with Crippen LogP contribution >= 0.6 is 13.5 Å². The van der Waals surface area contributed by atoms with E-state index in [2.05, 4.69) is 11.9 Å². The largest absolute Gasteiger partial charge is 0.497 e. The van der Waals surface area contributed by atoms with Crippen molar-refractivity contribution in [2.45, 2.75) is 6.10 Å². The van der Waals surface area contributed by atoms with Gasteiger partial charge < -0.3 is 19.1 Å². The highest BCUT2D eigenvalue weighted by atomic mass is 32.1. The Kier molecular flexibility index (Phi) is 4.96. The lowest BCUT2D eigenvalue weighted by molar-refractivity contribution is 0.0799. The van der Waals surface area contributed by atoms with E-state index >= 15 is 0 Å². The first-order chi connectivity index (χ1) is 7.74. The van der Waals surface area contributed by atoms with Crippen molar-refractivity contribution in [2.75, 3.05) is 39.3 Å².